The zero-order chi connectivity index (χ0) is 9.40. The number of hydrogen-bond donors (Lipinski definition) is 1. The van der Waals surface area contributed by atoms with Crippen molar-refractivity contribution in [3.8, 4) is 12.3 Å². The van der Waals surface area contributed by atoms with E-state index >= 15 is 0 Å². The molecule has 0 aromatic heterocycles. The highest BCUT2D eigenvalue weighted by molar-refractivity contribution is 14.1. The average molecular weight is 281 g/mol. The summed E-state index contributed by atoms with van der Waals surface area (Å²) in [5, 5.41) is 2.41. The van der Waals surface area contributed by atoms with E-state index in [4.69, 9.17) is 11.2 Å². The molecule has 0 saturated carbocycles. The molecule has 0 aliphatic heterocycles. The maximum absolute atomic E-state index is 10.8. The van der Waals surface area contributed by atoms with Crippen LogP contribution in [0.4, 0.5) is 4.79 Å². The van der Waals surface area contributed by atoms with Gasteiger partial charge in [0.1, 0.15) is 0 Å². The van der Waals surface area contributed by atoms with Crippen molar-refractivity contribution < 1.29 is 9.53 Å². The number of hydrogen-bond acceptors (Lipinski definition) is 2. The Labute approximate surface area is 86.4 Å². The summed E-state index contributed by atoms with van der Waals surface area (Å²) in [6.07, 6.45) is 5.36. The number of carbonyl (C=O) groups excluding carboxylic acids is 1. The molecule has 0 radical (unpaired) electrons. The third-order valence-corrected chi connectivity index (χ3v) is 1.71. The maximum atomic E-state index is 10.8. The molecule has 1 N–H and O–H groups in total. The topological polar surface area (TPSA) is 38.3 Å². The minimum atomic E-state index is -0.440. The molecule has 4 heteroatoms. The molecule has 0 aromatic carbocycles. The quantitative estimate of drug-likeness (QED) is 0.482. The lowest BCUT2D eigenvalue weighted by Crippen LogP contribution is -2.25. The SMILES string of the molecule is C#CCNC(=O)OCCC(C)I. The molecular weight excluding hydrogens is 269 g/mol. The Kier molecular flexibility index (Phi) is 6.96. The predicted octanol–water partition coefficient (Wildman–Crippen LogP) is 1.56. The smallest absolute Gasteiger partial charge is 0.407 e. The van der Waals surface area contributed by atoms with E-state index < -0.39 is 6.09 Å². The lowest BCUT2D eigenvalue weighted by Gasteiger charge is -2.05. The van der Waals surface area contributed by atoms with Gasteiger partial charge in [-0.1, -0.05) is 35.4 Å². The van der Waals surface area contributed by atoms with E-state index in [9.17, 15) is 4.79 Å². The predicted molar refractivity (Wildman–Crippen MR) is 56.3 cm³/mol. The van der Waals surface area contributed by atoms with E-state index in [1.54, 1.807) is 0 Å². The molecular formula is C8H12INO2. The number of amides is 1. The van der Waals surface area contributed by atoms with Gasteiger partial charge in [-0.2, -0.15) is 0 Å². The van der Waals surface area contributed by atoms with Crippen LogP contribution in [0.15, 0.2) is 0 Å². The van der Waals surface area contributed by atoms with Crippen LogP contribution >= 0.6 is 22.6 Å². The summed E-state index contributed by atoms with van der Waals surface area (Å²) in [6, 6.07) is 0. The highest BCUT2D eigenvalue weighted by Gasteiger charge is 2.00. The number of rotatable bonds is 4. The number of alkyl halides is 1. The Morgan fingerprint density at radius 2 is 2.50 bits per heavy atom. The van der Waals surface area contributed by atoms with Gasteiger partial charge >= 0.3 is 6.09 Å². The van der Waals surface area contributed by atoms with E-state index in [1.165, 1.54) is 0 Å². The third kappa shape index (κ3) is 7.66. The fraction of sp³-hybridized carbons (Fsp3) is 0.625. The normalized spacial score (nSPS) is 11.4. The van der Waals surface area contributed by atoms with E-state index in [0.717, 1.165) is 6.42 Å². The summed E-state index contributed by atoms with van der Waals surface area (Å²) >= 11 is 2.27. The number of nitrogens with one attached hydrogen (secondary N) is 1. The molecule has 0 aliphatic rings. The second-order valence-electron chi connectivity index (χ2n) is 2.26. The molecule has 0 bridgehead atoms. The van der Waals surface area contributed by atoms with Gasteiger partial charge in [-0.05, 0) is 6.42 Å². The number of terminal acetylenes is 1. The van der Waals surface area contributed by atoms with Gasteiger partial charge in [0.05, 0.1) is 13.2 Å². The Hall–Kier alpha value is -0.440. The number of carbonyl (C=O) groups is 1. The molecule has 0 saturated heterocycles. The lowest BCUT2D eigenvalue weighted by atomic mass is 10.4. The summed E-state index contributed by atoms with van der Waals surface area (Å²) < 4.78 is 5.32. The van der Waals surface area contributed by atoms with Crippen LogP contribution in [0.25, 0.3) is 0 Å². The second kappa shape index (κ2) is 7.22. The highest BCUT2D eigenvalue weighted by atomic mass is 127. The zero-order valence-corrected chi connectivity index (χ0v) is 9.13. The lowest BCUT2D eigenvalue weighted by molar-refractivity contribution is 0.146. The van der Waals surface area contributed by atoms with Gasteiger partial charge in [-0.25, -0.2) is 4.79 Å². The van der Waals surface area contributed by atoms with Crippen molar-refractivity contribution >= 4 is 28.7 Å². The summed E-state index contributed by atoms with van der Waals surface area (Å²) in [5.41, 5.74) is 0. The van der Waals surface area contributed by atoms with E-state index in [2.05, 4.69) is 40.8 Å². The van der Waals surface area contributed by atoms with Gasteiger partial charge in [0.2, 0.25) is 0 Å². The molecule has 0 aromatic rings. The molecule has 1 unspecified atom stereocenters. The summed E-state index contributed by atoms with van der Waals surface area (Å²) in [5.74, 6) is 2.28. The molecule has 0 spiro atoms. The number of halogens is 1. The number of ether oxygens (including phenoxy) is 1. The fourth-order valence-corrected chi connectivity index (χ4v) is 0.743. The summed E-state index contributed by atoms with van der Waals surface area (Å²) in [6.45, 7) is 2.72. The maximum Gasteiger partial charge on any atom is 0.407 e. The van der Waals surface area contributed by atoms with Gasteiger partial charge in [0.15, 0.2) is 0 Å². The Bertz CT molecular complexity index is 174. The minimum absolute atomic E-state index is 0.221. The molecule has 0 heterocycles. The van der Waals surface area contributed by atoms with Crippen LogP contribution in [0, 0.1) is 12.3 Å². The van der Waals surface area contributed by atoms with Crippen LogP contribution in [0.5, 0.6) is 0 Å². The first-order chi connectivity index (χ1) is 5.66. The molecule has 0 aliphatic carbocycles. The van der Waals surface area contributed by atoms with E-state index in [-0.39, 0.29) is 6.54 Å². The van der Waals surface area contributed by atoms with Crippen molar-refractivity contribution in [2.45, 2.75) is 17.3 Å². The zero-order valence-electron chi connectivity index (χ0n) is 6.97. The monoisotopic (exact) mass is 281 g/mol. The minimum Gasteiger partial charge on any atom is -0.450 e. The van der Waals surface area contributed by atoms with Gasteiger partial charge in [0, 0.05) is 3.92 Å². The number of alkyl carbamates (subject to hydrolysis) is 1. The first kappa shape index (κ1) is 11.6. The van der Waals surface area contributed by atoms with Crippen LogP contribution in [0.3, 0.4) is 0 Å². The molecule has 3 nitrogen and oxygen atoms in total. The molecule has 0 rings (SSSR count). The Balaban J connectivity index is 3.27. The van der Waals surface area contributed by atoms with E-state index in [1.807, 2.05) is 0 Å². The second-order valence-corrected chi connectivity index (χ2v) is 4.39. The molecule has 12 heavy (non-hydrogen) atoms. The van der Waals surface area contributed by atoms with Crippen molar-refractivity contribution in [1.29, 1.82) is 0 Å². The standard InChI is InChI=1S/C8H12INO2/c1-3-5-10-8(11)12-6-4-7(2)9/h1,7H,4-6H2,2H3,(H,10,11). The average Bonchev–Trinajstić information content (AvgIpc) is 2.00. The van der Waals surface area contributed by atoms with Crippen LogP contribution in [-0.4, -0.2) is 23.2 Å². The Morgan fingerprint density at radius 3 is 3.00 bits per heavy atom. The van der Waals surface area contributed by atoms with Gasteiger partial charge < -0.3 is 10.1 Å². The summed E-state index contributed by atoms with van der Waals surface area (Å²) in [7, 11) is 0. The summed E-state index contributed by atoms with van der Waals surface area (Å²) in [4.78, 5) is 10.8. The van der Waals surface area contributed by atoms with Gasteiger partial charge in [-0.3, -0.25) is 0 Å². The Morgan fingerprint density at radius 1 is 1.83 bits per heavy atom. The molecule has 1 atom stereocenters. The van der Waals surface area contributed by atoms with Crippen LogP contribution in [-0.2, 0) is 4.74 Å². The fourth-order valence-electron chi connectivity index (χ4n) is 0.488. The first-order valence-corrected chi connectivity index (χ1v) is 4.89. The molecule has 68 valence electrons. The largest absolute Gasteiger partial charge is 0.450 e. The molecule has 1 amide bonds. The van der Waals surface area contributed by atoms with Crippen molar-refractivity contribution in [1.82, 2.24) is 5.32 Å². The van der Waals surface area contributed by atoms with Crippen LogP contribution < -0.4 is 5.32 Å². The third-order valence-electron chi connectivity index (χ3n) is 1.08. The van der Waals surface area contributed by atoms with Crippen LogP contribution in [0.1, 0.15) is 13.3 Å². The first-order valence-electron chi connectivity index (χ1n) is 3.65. The van der Waals surface area contributed by atoms with Crippen LogP contribution in [0.2, 0.25) is 0 Å². The van der Waals surface area contributed by atoms with Crippen molar-refractivity contribution in [3.63, 3.8) is 0 Å². The van der Waals surface area contributed by atoms with Crippen molar-refractivity contribution in [3.05, 3.63) is 0 Å². The van der Waals surface area contributed by atoms with Crippen molar-refractivity contribution in [2.24, 2.45) is 0 Å². The highest BCUT2D eigenvalue weighted by Crippen LogP contribution is 2.03. The van der Waals surface area contributed by atoms with Crippen molar-refractivity contribution in [2.75, 3.05) is 13.2 Å². The van der Waals surface area contributed by atoms with Gasteiger partial charge in [-0.15, -0.1) is 6.42 Å². The van der Waals surface area contributed by atoms with E-state index in [0.29, 0.717) is 10.5 Å². The molecule has 0 fully saturated rings. The van der Waals surface area contributed by atoms with Gasteiger partial charge in [0.25, 0.3) is 0 Å².